The highest BCUT2D eigenvalue weighted by molar-refractivity contribution is 5.12. The normalized spacial score (nSPS) is 48.0. The van der Waals surface area contributed by atoms with E-state index in [2.05, 4.69) is 0 Å². The molecule has 0 unspecified atom stereocenters. The Morgan fingerprint density at radius 3 is 2.25 bits per heavy atom. The van der Waals surface area contributed by atoms with Gasteiger partial charge in [0, 0.05) is 5.92 Å². The van der Waals surface area contributed by atoms with Gasteiger partial charge in [-0.05, 0) is 25.7 Å². The van der Waals surface area contributed by atoms with Crippen LogP contribution < -0.4 is 0 Å². The van der Waals surface area contributed by atoms with Crippen LogP contribution in [0.3, 0.4) is 0 Å². The van der Waals surface area contributed by atoms with Crippen LogP contribution in [0.25, 0.3) is 0 Å². The molecule has 2 fully saturated rings. The lowest BCUT2D eigenvalue weighted by molar-refractivity contribution is -0.306. The van der Waals surface area contributed by atoms with Gasteiger partial charge in [-0.2, -0.15) is 0 Å². The molecular weight excluding hydrogens is 372 g/mol. The summed E-state index contributed by atoms with van der Waals surface area (Å²) in [4.78, 5) is 0. The summed E-state index contributed by atoms with van der Waals surface area (Å²) < 4.78 is 10.9. The molecule has 0 aromatic carbocycles. The number of aliphatic hydroxyl groups excluding tert-OH is 6. The molecule has 0 aromatic rings. The Bertz CT molecular complexity index is 548. The van der Waals surface area contributed by atoms with Crippen molar-refractivity contribution in [1.29, 1.82) is 0 Å². The molecule has 0 bridgehead atoms. The van der Waals surface area contributed by atoms with Crippen LogP contribution in [-0.2, 0) is 9.47 Å². The van der Waals surface area contributed by atoms with Crippen LogP contribution in [-0.4, -0.2) is 97.0 Å². The van der Waals surface area contributed by atoms with E-state index in [1.807, 2.05) is 13.8 Å². The Balaban J connectivity index is 2.09. The van der Waals surface area contributed by atoms with Gasteiger partial charge in [0.1, 0.15) is 30.5 Å². The molecule has 1 saturated carbocycles. The number of aliphatic hydroxyl groups is 7. The highest BCUT2D eigenvalue weighted by Crippen LogP contribution is 2.47. The molecule has 0 amide bonds. The summed E-state index contributed by atoms with van der Waals surface area (Å²) in [5, 5.41) is 69.9. The number of hydrogen-bond acceptors (Lipinski definition) is 9. The van der Waals surface area contributed by atoms with Crippen molar-refractivity contribution >= 4 is 0 Å². The van der Waals surface area contributed by atoms with E-state index in [0.29, 0.717) is 6.42 Å². The Morgan fingerprint density at radius 2 is 1.68 bits per heavy atom. The first-order chi connectivity index (χ1) is 12.8. The second-order valence-electron chi connectivity index (χ2n) is 8.83. The number of rotatable bonds is 5. The molecule has 0 radical (unpaired) electrons. The van der Waals surface area contributed by atoms with E-state index < -0.39 is 72.6 Å². The maximum atomic E-state index is 10.8. The van der Waals surface area contributed by atoms with Crippen LogP contribution >= 0.6 is 0 Å². The minimum absolute atomic E-state index is 0.307. The number of ether oxygens (including phenoxy) is 2. The highest BCUT2D eigenvalue weighted by Gasteiger charge is 2.53. The first kappa shape index (κ1) is 23.7. The van der Waals surface area contributed by atoms with Crippen molar-refractivity contribution in [2.75, 3.05) is 6.61 Å². The van der Waals surface area contributed by atoms with E-state index >= 15 is 0 Å². The van der Waals surface area contributed by atoms with Gasteiger partial charge in [0.25, 0.3) is 0 Å². The van der Waals surface area contributed by atoms with Gasteiger partial charge in [0.15, 0.2) is 6.29 Å². The van der Waals surface area contributed by atoms with Crippen molar-refractivity contribution < 1.29 is 45.2 Å². The largest absolute Gasteiger partial charge is 0.394 e. The third kappa shape index (κ3) is 4.58. The Kier molecular flexibility index (Phi) is 7.29. The zero-order valence-corrected chi connectivity index (χ0v) is 16.7. The fourth-order valence-electron chi connectivity index (χ4n) is 4.30. The summed E-state index contributed by atoms with van der Waals surface area (Å²) in [7, 11) is 0. The van der Waals surface area contributed by atoms with E-state index in [0.717, 1.165) is 0 Å². The zero-order chi connectivity index (χ0) is 21.4. The molecule has 1 aliphatic carbocycles. The minimum atomic E-state index is -1.56. The summed E-state index contributed by atoms with van der Waals surface area (Å²) in [6, 6.07) is 0. The lowest BCUT2D eigenvalue weighted by atomic mass is 9.59. The third-order valence-corrected chi connectivity index (χ3v) is 5.94. The first-order valence-electron chi connectivity index (χ1n) is 9.55. The van der Waals surface area contributed by atoms with Crippen molar-refractivity contribution in [2.45, 2.75) is 88.7 Å². The van der Waals surface area contributed by atoms with E-state index in [9.17, 15) is 35.7 Å². The van der Waals surface area contributed by atoms with E-state index in [-0.39, 0.29) is 0 Å². The van der Waals surface area contributed by atoms with Crippen molar-refractivity contribution in [3.05, 3.63) is 12.2 Å². The minimum Gasteiger partial charge on any atom is -0.394 e. The van der Waals surface area contributed by atoms with Crippen molar-refractivity contribution in [1.82, 2.24) is 0 Å². The molecule has 9 nitrogen and oxygen atoms in total. The highest BCUT2D eigenvalue weighted by atomic mass is 16.7. The topological polar surface area (TPSA) is 160 Å². The van der Waals surface area contributed by atoms with Gasteiger partial charge < -0.3 is 45.2 Å². The molecule has 0 spiro atoms. The molecule has 1 aliphatic heterocycles. The van der Waals surface area contributed by atoms with Gasteiger partial charge in [-0.1, -0.05) is 26.0 Å². The predicted molar refractivity (Wildman–Crippen MR) is 98.0 cm³/mol. The molecule has 164 valence electrons. The standard InChI is InChI=1S/C19H34O9/c1-9(27-17-15(24)14(23)13(22)11(8-20)28-17)5-6-12-18(2,3)7-10(21)16(25)19(12,4)26/h5-6,9-17,20-26H,7-8H2,1-4H3/t9-,10+,11-,12+,13-,14+,15-,16+,17-,19-/m1/s1. The van der Waals surface area contributed by atoms with Gasteiger partial charge in [-0.25, -0.2) is 0 Å². The molecule has 1 saturated heterocycles. The fourth-order valence-corrected chi connectivity index (χ4v) is 4.30. The first-order valence-corrected chi connectivity index (χ1v) is 9.55. The smallest absolute Gasteiger partial charge is 0.187 e. The Hall–Kier alpha value is -0.620. The van der Waals surface area contributed by atoms with Gasteiger partial charge in [-0.15, -0.1) is 0 Å². The van der Waals surface area contributed by atoms with Crippen LogP contribution in [0.4, 0.5) is 0 Å². The van der Waals surface area contributed by atoms with Gasteiger partial charge in [0.05, 0.1) is 24.4 Å². The monoisotopic (exact) mass is 406 g/mol. The van der Waals surface area contributed by atoms with Crippen molar-refractivity contribution in [3.8, 4) is 0 Å². The number of hydrogen-bond donors (Lipinski definition) is 7. The molecular formula is C19H34O9. The predicted octanol–water partition coefficient (Wildman–Crippen LogP) is -1.73. The maximum absolute atomic E-state index is 10.8. The molecule has 0 aromatic heterocycles. The molecule has 10 atom stereocenters. The van der Waals surface area contributed by atoms with E-state index in [1.54, 1.807) is 19.1 Å². The Morgan fingerprint density at radius 1 is 1.07 bits per heavy atom. The summed E-state index contributed by atoms with van der Waals surface area (Å²) in [6.07, 6.45) is -6.11. The quantitative estimate of drug-likeness (QED) is 0.263. The van der Waals surface area contributed by atoms with Crippen LogP contribution in [0.1, 0.15) is 34.1 Å². The summed E-state index contributed by atoms with van der Waals surface area (Å²) in [5.41, 5.74) is -2.05. The summed E-state index contributed by atoms with van der Waals surface area (Å²) >= 11 is 0. The lowest BCUT2D eigenvalue weighted by Crippen LogP contribution is -2.61. The molecule has 7 N–H and O–H groups in total. The second-order valence-corrected chi connectivity index (χ2v) is 8.83. The van der Waals surface area contributed by atoms with E-state index in [1.165, 1.54) is 6.92 Å². The second kappa shape index (κ2) is 8.63. The van der Waals surface area contributed by atoms with Crippen LogP contribution in [0.5, 0.6) is 0 Å². The average Bonchev–Trinajstić information content (AvgIpc) is 2.59. The lowest BCUT2D eigenvalue weighted by Gasteiger charge is -2.51. The zero-order valence-electron chi connectivity index (χ0n) is 16.7. The van der Waals surface area contributed by atoms with Crippen molar-refractivity contribution in [2.24, 2.45) is 11.3 Å². The average molecular weight is 406 g/mol. The molecule has 2 aliphatic rings. The van der Waals surface area contributed by atoms with Crippen LogP contribution in [0.15, 0.2) is 12.2 Å². The SMILES string of the molecule is C[C@H](C=C[C@H]1C(C)(C)C[C@H](O)[C@H](O)[C@]1(C)O)O[C@@H]1O[C@H](CO)[C@@H](O)[C@H](O)[C@H]1O. The van der Waals surface area contributed by atoms with Crippen LogP contribution in [0.2, 0.25) is 0 Å². The third-order valence-electron chi connectivity index (χ3n) is 5.94. The molecule has 2 rings (SSSR count). The molecule has 9 heteroatoms. The maximum Gasteiger partial charge on any atom is 0.187 e. The van der Waals surface area contributed by atoms with Gasteiger partial charge in [-0.3, -0.25) is 0 Å². The van der Waals surface area contributed by atoms with Crippen LogP contribution in [0, 0.1) is 11.3 Å². The van der Waals surface area contributed by atoms with Gasteiger partial charge >= 0.3 is 0 Å². The fraction of sp³-hybridized carbons (Fsp3) is 0.895. The summed E-state index contributed by atoms with van der Waals surface area (Å²) in [5.74, 6) is -0.487. The van der Waals surface area contributed by atoms with E-state index in [4.69, 9.17) is 9.47 Å². The Labute approximate surface area is 164 Å². The molecule has 28 heavy (non-hydrogen) atoms. The summed E-state index contributed by atoms with van der Waals surface area (Å²) in [6.45, 7) is 6.35. The van der Waals surface area contributed by atoms with Gasteiger partial charge in [0.2, 0.25) is 0 Å². The van der Waals surface area contributed by atoms with Crippen molar-refractivity contribution in [3.63, 3.8) is 0 Å². The molecule has 1 heterocycles.